The second-order valence-corrected chi connectivity index (χ2v) is 7.73. The van der Waals surface area contributed by atoms with Crippen LogP contribution in [0.3, 0.4) is 0 Å². The number of methoxy groups -OCH3 is 1. The number of carbonyl (C=O) groups excluding carboxylic acids is 1. The van der Waals surface area contributed by atoms with Crippen LogP contribution in [-0.4, -0.2) is 45.9 Å². The van der Waals surface area contributed by atoms with Gasteiger partial charge in [-0.1, -0.05) is 25.4 Å². The molecule has 1 N–H and O–H groups in total. The number of halogens is 2. The highest BCUT2D eigenvalue weighted by molar-refractivity contribution is 6.33. The van der Waals surface area contributed by atoms with Crippen molar-refractivity contribution in [3.63, 3.8) is 0 Å². The summed E-state index contributed by atoms with van der Waals surface area (Å²) in [5, 5.41) is 15.1. The standard InChI is InChI=1S/C21H23ClFN5O2/c1-12(2)20-25-26-27-28(20)17-8-14(18-6-5-16(23)10-19(18)22)7-15(9-17)21(29)24-13(3)11-30-4/h5-10,12-13H,11H2,1-4H3,(H,24,29)/t13-/m0/s1. The lowest BCUT2D eigenvalue weighted by molar-refractivity contribution is 0.0905. The van der Waals surface area contributed by atoms with Gasteiger partial charge in [-0.15, -0.1) is 5.10 Å². The molecular formula is C21H23ClFN5O2. The molecular weight excluding hydrogens is 409 g/mol. The summed E-state index contributed by atoms with van der Waals surface area (Å²) in [5.41, 5.74) is 2.24. The second-order valence-electron chi connectivity index (χ2n) is 7.33. The SMILES string of the molecule is COC[C@H](C)NC(=O)c1cc(-c2ccc(F)cc2Cl)cc(-n2nnnc2C(C)C)c1. The normalized spacial score (nSPS) is 12.2. The third-order valence-electron chi connectivity index (χ3n) is 4.47. The molecule has 0 spiro atoms. The Kier molecular flexibility index (Phi) is 6.79. The minimum Gasteiger partial charge on any atom is -0.383 e. The molecule has 158 valence electrons. The van der Waals surface area contributed by atoms with E-state index in [9.17, 15) is 9.18 Å². The van der Waals surface area contributed by atoms with Crippen molar-refractivity contribution < 1.29 is 13.9 Å². The van der Waals surface area contributed by atoms with Gasteiger partial charge < -0.3 is 10.1 Å². The zero-order chi connectivity index (χ0) is 21.8. The third kappa shape index (κ3) is 4.83. The van der Waals surface area contributed by atoms with Crippen LogP contribution >= 0.6 is 11.6 Å². The van der Waals surface area contributed by atoms with Gasteiger partial charge in [0.1, 0.15) is 5.82 Å². The minimum atomic E-state index is -0.436. The summed E-state index contributed by atoms with van der Waals surface area (Å²) in [6.07, 6.45) is 0. The Balaban J connectivity index is 2.12. The van der Waals surface area contributed by atoms with Crippen LogP contribution in [-0.2, 0) is 4.74 Å². The first-order valence-corrected chi connectivity index (χ1v) is 9.87. The zero-order valence-electron chi connectivity index (χ0n) is 17.2. The summed E-state index contributed by atoms with van der Waals surface area (Å²) in [7, 11) is 1.57. The molecule has 2 aromatic carbocycles. The minimum absolute atomic E-state index is 0.0667. The summed E-state index contributed by atoms with van der Waals surface area (Å²) >= 11 is 6.28. The second kappa shape index (κ2) is 9.32. The van der Waals surface area contributed by atoms with Gasteiger partial charge >= 0.3 is 0 Å². The van der Waals surface area contributed by atoms with Gasteiger partial charge in [-0.2, -0.15) is 4.68 Å². The number of tetrazole rings is 1. The van der Waals surface area contributed by atoms with Gasteiger partial charge in [0.05, 0.1) is 17.3 Å². The van der Waals surface area contributed by atoms with Crippen molar-refractivity contribution in [1.29, 1.82) is 0 Å². The van der Waals surface area contributed by atoms with Crippen molar-refractivity contribution in [1.82, 2.24) is 25.5 Å². The van der Waals surface area contributed by atoms with E-state index < -0.39 is 5.82 Å². The van der Waals surface area contributed by atoms with E-state index in [1.165, 1.54) is 12.1 Å². The molecule has 1 aromatic heterocycles. The summed E-state index contributed by atoms with van der Waals surface area (Å²) in [4.78, 5) is 12.9. The number of hydrogen-bond acceptors (Lipinski definition) is 5. The molecule has 1 heterocycles. The van der Waals surface area contributed by atoms with E-state index in [0.717, 1.165) is 0 Å². The van der Waals surface area contributed by atoms with Crippen LogP contribution in [0.5, 0.6) is 0 Å². The highest BCUT2D eigenvalue weighted by Gasteiger charge is 2.18. The van der Waals surface area contributed by atoms with E-state index >= 15 is 0 Å². The lowest BCUT2D eigenvalue weighted by Crippen LogP contribution is -2.35. The number of amides is 1. The molecule has 0 aliphatic heterocycles. The fourth-order valence-electron chi connectivity index (χ4n) is 3.08. The number of rotatable bonds is 7. The summed E-state index contributed by atoms with van der Waals surface area (Å²) < 4.78 is 20.2. The van der Waals surface area contributed by atoms with Gasteiger partial charge in [-0.3, -0.25) is 4.79 Å². The van der Waals surface area contributed by atoms with Crippen molar-refractivity contribution in [2.24, 2.45) is 0 Å². The highest BCUT2D eigenvalue weighted by Crippen LogP contribution is 2.31. The topological polar surface area (TPSA) is 81.9 Å². The molecule has 0 saturated carbocycles. The highest BCUT2D eigenvalue weighted by atomic mass is 35.5. The number of benzene rings is 2. The number of carbonyl (C=O) groups is 1. The number of nitrogens with one attached hydrogen (secondary N) is 1. The van der Waals surface area contributed by atoms with Crippen molar-refractivity contribution in [3.05, 3.63) is 58.6 Å². The summed E-state index contributed by atoms with van der Waals surface area (Å²) in [6.45, 7) is 6.18. The van der Waals surface area contributed by atoms with Crippen LogP contribution in [0.2, 0.25) is 5.02 Å². The average molecular weight is 432 g/mol. The molecule has 0 aliphatic carbocycles. The molecule has 9 heteroatoms. The van der Waals surface area contributed by atoms with Crippen LogP contribution < -0.4 is 5.32 Å². The van der Waals surface area contributed by atoms with Crippen molar-refractivity contribution in [2.45, 2.75) is 32.7 Å². The Morgan fingerprint density at radius 1 is 1.23 bits per heavy atom. The molecule has 0 unspecified atom stereocenters. The molecule has 7 nitrogen and oxygen atoms in total. The number of nitrogens with zero attached hydrogens (tertiary/aromatic N) is 4. The number of aromatic nitrogens is 4. The Morgan fingerprint density at radius 2 is 2.00 bits per heavy atom. The van der Waals surface area contributed by atoms with Crippen LogP contribution in [0.15, 0.2) is 36.4 Å². The Bertz CT molecular complexity index is 1050. The molecule has 0 radical (unpaired) electrons. The van der Waals surface area contributed by atoms with Gasteiger partial charge in [-0.25, -0.2) is 4.39 Å². The Morgan fingerprint density at radius 3 is 2.67 bits per heavy atom. The van der Waals surface area contributed by atoms with Crippen LogP contribution in [0.1, 0.15) is 42.9 Å². The van der Waals surface area contributed by atoms with Gasteiger partial charge in [0.25, 0.3) is 5.91 Å². The van der Waals surface area contributed by atoms with E-state index in [0.29, 0.717) is 34.8 Å². The first-order chi connectivity index (χ1) is 14.3. The maximum Gasteiger partial charge on any atom is 0.251 e. The molecule has 0 fully saturated rings. The van der Waals surface area contributed by atoms with Crippen molar-refractivity contribution in [2.75, 3.05) is 13.7 Å². The lowest BCUT2D eigenvalue weighted by Gasteiger charge is -2.15. The van der Waals surface area contributed by atoms with Crippen LogP contribution in [0.4, 0.5) is 4.39 Å². The first-order valence-electron chi connectivity index (χ1n) is 9.49. The van der Waals surface area contributed by atoms with E-state index in [1.807, 2.05) is 26.8 Å². The summed E-state index contributed by atoms with van der Waals surface area (Å²) in [6, 6.07) is 9.19. The monoisotopic (exact) mass is 431 g/mol. The molecule has 30 heavy (non-hydrogen) atoms. The average Bonchev–Trinajstić information content (AvgIpc) is 3.18. The van der Waals surface area contributed by atoms with Crippen LogP contribution in [0.25, 0.3) is 16.8 Å². The molecule has 0 saturated heterocycles. The fourth-order valence-corrected chi connectivity index (χ4v) is 3.36. The molecule has 0 aliphatic rings. The fraction of sp³-hybridized carbons (Fsp3) is 0.333. The maximum atomic E-state index is 13.5. The van der Waals surface area contributed by atoms with Gasteiger partial charge in [0, 0.05) is 30.2 Å². The first kappa shape index (κ1) is 21.9. The predicted octanol–water partition coefficient (Wildman–Crippen LogP) is 4.01. The van der Waals surface area contributed by atoms with Gasteiger partial charge in [0.15, 0.2) is 5.82 Å². The zero-order valence-corrected chi connectivity index (χ0v) is 17.9. The molecule has 3 rings (SSSR count). The lowest BCUT2D eigenvalue weighted by atomic mass is 10.0. The van der Waals surface area contributed by atoms with Gasteiger partial charge in [0.2, 0.25) is 0 Å². The third-order valence-corrected chi connectivity index (χ3v) is 4.78. The molecule has 3 aromatic rings. The molecule has 1 amide bonds. The number of hydrogen-bond donors (Lipinski definition) is 1. The quantitative estimate of drug-likeness (QED) is 0.611. The van der Waals surface area contributed by atoms with Crippen molar-refractivity contribution in [3.8, 4) is 16.8 Å². The maximum absolute atomic E-state index is 13.5. The smallest absolute Gasteiger partial charge is 0.251 e. The number of ether oxygens (including phenoxy) is 1. The van der Waals surface area contributed by atoms with E-state index in [-0.39, 0.29) is 22.9 Å². The van der Waals surface area contributed by atoms with E-state index in [1.54, 1.807) is 30.0 Å². The van der Waals surface area contributed by atoms with E-state index in [2.05, 4.69) is 20.8 Å². The Labute approximate surface area is 179 Å². The van der Waals surface area contributed by atoms with Crippen LogP contribution in [0, 0.1) is 5.82 Å². The van der Waals surface area contributed by atoms with Crippen molar-refractivity contribution >= 4 is 17.5 Å². The summed E-state index contributed by atoms with van der Waals surface area (Å²) in [5.74, 6) is 0.00224. The Hall–Kier alpha value is -2.84. The molecule has 1 atom stereocenters. The molecule has 0 bridgehead atoms. The largest absolute Gasteiger partial charge is 0.383 e. The predicted molar refractivity (Wildman–Crippen MR) is 112 cm³/mol. The van der Waals surface area contributed by atoms with Gasteiger partial charge in [-0.05, 0) is 59.3 Å². The van der Waals surface area contributed by atoms with E-state index in [4.69, 9.17) is 16.3 Å².